The number of methoxy groups -OCH3 is 2. The van der Waals surface area contributed by atoms with Crippen LogP contribution in [0.1, 0.15) is 65.9 Å². The van der Waals surface area contributed by atoms with Gasteiger partial charge >= 0.3 is 5.97 Å². The van der Waals surface area contributed by atoms with E-state index in [0.29, 0.717) is 25.9 Å². The summed E-state index contributed by atoms with van der Waals surface area (Å²) in [6, 6.07) is 6.93. The lowest BCUT2D eigenvalue weighted by Crippen LogP contribution is -2.57. The molecule has 264 valence electrons. The Morgan fingerprint density at radius 2 is 1.74 bits per heavy atom. The van der Waals surface area contributed by atoms with Gasteiger partial charge in [-0.05, 0) is 30.2 Å². The average Bonchev–Trinajstić information content (AvgIpc) is 3.06. The first-order valence-corrected chi connectivity index (χ1v) is 16.7. The Hall–Kier alpha value is -3.51. The van der Waals surface area contributed by atoms with E-state index in [9.17, 15) is 29.1 Å². The molecule has 1 heterocycles. The van der Waals surface area contributed by atoms with E-state index in [-0.39, 0.29) is 42.4 Å². The van der Waals surface area contributed by atoms with Crippen molar-refractivity contribution in [2.24, 2.45) is 23.7 Å². The Morgan fingerprint density at radius 3 is 2.28 bits per heavy atom. The Labute approximate surface area is 279 Å². The number of ether oxygens (including phenoxy) is 2. The second kappa shape index (κ2) is 19.3. The lowest BCUT2D eigenvalue weighted by Gasteiger charge is -2.41. The third kappa shape index (κ3) is 11.0. The Morgan fingerprint density at radius 1 is 1.09 bits per heavy atom. The molecule has 0 aromatic heterocycles. The van der Waals surface area contributed by atoms with Crippen LogP contribution in [0.4, 0.5) is 0 Å². The minimum atomic E-state index is -1.12. The van der Waals surface area contributed by atoms with Crippen LogP contribution in [0.2, 0.25) is 0 Å². The fourth-order valence-electron chi connectivity index (χ4n) is 6.68. The number of nitrogens with zero attached hydrogens (tertiary/aromatic N) is 2. The van der Waals surface area contributed by atoms with Crippen LogP contribution in [0.15, 0.2) is 30.3 Å². The maximum Gasteiger partial charge on any atom is 0.326 e. The quantitative estimate of drug-likeness (QED) is 0.192. The smallest absolute Gasteiger partial charge is 0.326 e. The zero-order valence-electron chi connectivity index (χ0n) is 29.3. The molecule has 47 heavy (non-hydrogen) atoms. The van der Waals surface area contributed by atoms with Crippen molar-refractivity contribution in [1.82, 2.24) is 20.4 Å². The van der Waals surface area contributed by atoms with Gasteiger partial charge in [-0.2, -0.15) is 0 Å². The number of benzene rings is 1. The van der Waals surface area contributed by atoms with Gasteiger partial charge in [-0.25, -0.2) is 4.79 Å². The van der Waals surface area contributed by atoms with Crippen molar-refractivity contribution >= 4 is 30.1 Å². The van der Waals surface area contributed by atoms with Crippen LogP contribution in [0.5, 0.6) is 0 Å². The van der Waals surface area contributed by atoms with Crippen molar-refractivity contribution in [2.45, 2.75) is 97.1 Å². The van der Waals surface area contributed by atoms with E-state index in [0.717, 1.165) is 18.4 Å². The minimum absolute atomic E-state index is 0.00796. The molecule has 1 aliphatic heterocycles. The number of nitrogens with one attached hydrogen (secondary N) is 2. The van der Waals surface area contributed by atoms with Crippen molar-refractivity contribution in [3.05, 3.63) is 35.9 Å². The first kappa shape index (κ1) is 39.7. The van der Waals surface area contributed by atoms with Gasteiger partial charge in [0.2, 0.25) is 24.1 Å². The molecule has 2 rings (SSSR count). The fourth-order valence-corrected chi connectivity index (χ4v) is 6.68. The van der Waals surface area contributed by atoms with Crippen LogP contribution < -0.4 is 10.6 Å². The van der Waals surface area contributed by atoms with E-state index >= 15 is 0 Å². The molecule has 1 fully saturated rings. The molecule has 1 aliphatic rings. The van der Waals surface area contributed by atoms with E-state index in [2.05, 4.69) is 10.6 Å². The number of hydrogen-bond acceptors (Lipinski definition) is 7. The standard InChI is InChI=1S/C35H56N4O8/c1-9-23(4)31(38(6)34(43)30(22(2)3)36-21-40)28(46-7)19-29(41)39-17-13-16-26(20-39)32(47-8)24(5)33(42)37-27(35(44)45)18-25-14-11-10-12-15-25/h10-12,14-15,21-24,26-28,30-32H,9,13,16-20H2,1-8H3,(H,36,40)(H,37,42)(H,44,45)/t23?,24?,26?,27?,28?,30-,31?,32?/m0/s1. The number of hydrogen-bond donors (Lipinski definition) is 3. The number of likely N-dealkylation sites (N-methyl/N-ethyl adjacent to an activating group) is 1. The molecule has 4 amide bonds. The number of carbonyl (C=O) groups is 5. The number of carboxylic acid groups (broad SMARTS) is 1. The SMILES string of the molecule is CCC(C)C(C(CC(=O)N1CCCC(C(OC)C(C)C(=O)NC(Cc2ccccc2)C(=O)O)C1)OC)N(C)C(=O)[C@@H](NC=O)C(C)C. The van der Waals surface area contributed by atoms with Gasteiger partial charge in [-0.3, -0.25) is 19.2 Å². The van der Waals surface area contributed by atoms with Gasteiger partial charge in [0.05, 0.1) is 30.6 Å². The van der Waals surface area contributed by atoms with Crippen molar-refractivity contribution in [3.63, 3.8) is 0 Å². The van der Waals surface area contributed by atoms with E-state index in [4.69, 9.17) is 9.47 Å². The first-order chi connectivity index (χ1) is 22.3. The molecule has 1 aromatic rings. The highest BCUT2D eigenvalue weighted by atomic mass is 16.5. The molecule has 7 unspecified atom stereocenters. The summed E-state index contributed by atoms with van der Waals surface area (Å²) in [7, 11) is 4.76. The first-order valence-electron chi connectivity index (χ1n) is 16.7. The Bertz CT molecular complexity index is 1170. The zero-order chi connectivity index (χ0) is 35.3. The normalized spacial score (nSPS) is 19.4. The summed E-state index contributed by atoms with van der Waals surface area (Å²) < 4.78 is 11.7. The zero-order valence-corrected chi connectivity index (χ0v) is 29.3. The summed E-state index contributed by atoms with van der Waals surface area (Å²) in [5.41, 5.74) is 0.801. The molecule has 12 heteroatoms. The molecule has 0 radical (unpaired) electrons. The predicted octanol–water partition coefficient (Wildman–Crippen LogP) is 2.74. The van der Waals surface area contributed by atoms with Crippen LogP contribution in [0.3, 0.4) is 0 Å². The summed E-state index contributed by atoms with van der Waals surface area (Å²) in [6.07, 6.45) is 1.83. The number of rotatable bonds is 19. The summed E-state index contributed by atoms with van der Waals surface area (Å²) in [4.78, 5) is 67.1. The summed E-state index contributed by atoms with van der Waals surface area (Å²) in [5, 5.41) is 15.1. The van der Waals surface area contributed by atoms with Crippen molar-refractivity contribution in [2.75, 3.05) is 34.4 Å². The number of carbonyl (C=O) groups excluding carboxylic acids is 4. The topological polar surface area (TPSA) is 155 Å². The third-order valence-corrected chi connectivity index (χ3v) is 9.61. The van der Waals surface area contributed by atoms with Gasteiger partial charge in [0.25, 0.3) is 0 Å². The van der Waals surface area contributed by atoms with Gasteiger partial charge in [0.15, 0.2) is 0 Å². The molecule has 8 atom stereocenters. The highest BCUT2D eigenvalue weighted by Gasteiger charge is 2.40. The number of carboxylic acids is 1. The number of likely N-dealkylation sites (tertiary alicyclic amines) is 1. The largest absolute Gasteiger partial charge is 0.480 e. The summed E-state index contributed by atoms with van der Waals surface area (Å²) >= 11 is 0. The summed E-state index contributed by atoms with van der Waals surface area (Å²) in [5.74, 6) is -2.83. The van der Waals surface area contributed by atoms with Crippen LogP contribution in [0.25, 0.3) is 0 Å². The van der Waals surface area contributed by atoms with Crippen LogP contribution >= 0.6 is 0 Å². The highest BCUT2D eigenvalue weighted by molar-refractivity contribution is 5.86. The maximum absolute atomic E-state index is 13.8. The number of aliphatic carboxylic acids is 1. The molecule has 0 spiro atoms. The molecule has 0 saturated carbocycles. The van der Waals surface area contributed by atoms with Gasteiger partial charge in [-0.15, -0.1) is 0 Å². The van der Waals surface area contributed by atoms with Crippen molar-refractivity contribution < 1.29 is 38.6 Å². The second-order valence-corrected chi connectivity index (χ2v) is 13.1. The van der Waals surface area contributed by atoms with E-state index in [1.54, 1.807) is 23.8 Å². The molecule has 12 nitrogen and oxygen atoms in total. The Balaban J connectivity index is 2.15. The van der Waals surface area contributed by atoms with Gasteiger partial charge in [-0.1, -0.05) is 71.4 Å². The summed E-state index contributed by atoms with van der Waals surface area (Å²) in [6.45, 7) is 10.4. The molecular formula is C35H56N4O8. The van der Waals surface area contributed by atoms with Crippen LogP contribution in [0, 0.1) is 23.7 Å². The molecule has 1 saturated heterocycles. The van der Waals surface area contributed by atoms with E-state index in [1.165, 1.54) is 14.2 Å². The fraction of sp³-hybridized carbons (Fsp3) is 0.686. The number of amides is 4. The third-order valence-electron chi connectivity index (χ3n) is 9.61. The van der Waals surface area contributed by atoms with Crippen molar-refractivity contribution in [1.29, 1.82) is 0 Å². The van der Waals surface area contributed by atoms with E-state index < -0.39 is 48.1 Å². The van der Waals surface area contributed by atoms with Crippen LogP contribution in [-0.2, 0) is 39.9 Å². The Kier molecular flexibility index (Phi) is 16.3. The predicted molar refractivity (Wildman–Crippen MR) is 178 cm³/mol. The van der Waals surface area contributed by atoms with Gasteiger partial charge in [0, 0.05) is 46.7 Å². The maximum atomic E-state index is 13.8. The molecular weight excluding hydrogens is 604 g/mol. The average molecular weight is 661 g/mol. The lowest BCUT2D eigenvalue weighted by molar-refractivity contribution is -0.147. The highest BCUT2D eigenvalue weighted by Crippen LogP contribution is 2.29. The van der Waals surface area contributed by atoms with Crippen molar-refractivity contribution in [3.8, 4) is 0 Å². The molecule has 3 N–H and O–H groups in total. The molecule has 1 aromatic carbocycles. The second-order valence-electron chi connectivity index (χ2n) is 13.1. The molecule has 0 bridgehead atoms. The van der Waals surface area contributed by atoms with Gasteiger partial charge in [0.1, 0.15) is 12.1 Å². The minimum Gasteiger partial charge on any atom is -0.480 e. The monoisotopic (exact) mass is 660 g/mol. The van der Waals surface area contributed by atoms with Gasteiger partial charge < -0.3 is 35.0 Å². The van der Waals surface area contributed by atoms with E-state index in [1.807, 2.05) is 58.0 Å². The lowest BCUT2D eigenvalue weighted by atomic mass is 9.84. The van der Waals surface area contributed by atoms with Crippen LogP contribution in [-0.4, -0.2) is 110 Å². The molecule has 0 aliphatic carbocycles. The number of piperidine rings is 1.